The third-order valence-corrected chi connectivity index (χ3v) is 25.2. The fraction of sp³-hybridized carbons (Fsp3) is 0.817. The van der Waals surface area contributed by atoms with Gasteiger partial charge in [0.15, 0.2) is 0 Å². The van der Waals surface area contributed by atoms with E-state index >= 15 is 0 Å². The number of rotatable bonds is 76. The van der Waals surface area contributed by atoms with Crippen molar-refractivity contribution in [1.29, 1.82) is 5.26 Å². The highest BCUT2D eigenvalue weighted by molar-refractivity contribution is 8.03. The van der Waals surface area contributed by atoms with Crippen molar-refractivity contribution < 1.29 is 133 Å². The first-order valence-electron chi connectivity index (χ1n) is 42.1. The van der Waals surface area contributed by atoms with Crippen LogP contribution in [0.1, 0.15) is 99.8 Å². The summed E-state index contributed by atoms with van der Waals surface area (Å²) in [5.74, 6) is -5.40. The Hall–Kier alpha value is -5.72. The number of carbonyl (C=O) groups excluding carboxylic acids is 14. The van der Waals surface area contributed by atoms with Crippen LogP contribution in [0.15, 0.2) is 0 Å². The van der Waals surface area contributed by atoms with E-state index < -0.39 is 89.3 Å². The van der Waals surface area contributed by atoms with Gasteiger partial charge in [0, 0.05) is 149 Å². The average molecular weight is 1900 g/mol. The number of thiocyanates is 1. The molecular formula is C82H139N7O28S7. The van der Waals surface area contributed by atoms with Crippen LogP contribution in [0, 0.1) is 52.1 Å². The Morgan fingerprint density at radius 1 is 0.290 bits per heavy atom. The molecule has 0 saturated carbocycles. The summed E-state index contributed by atoms with van der Waals surface area (Å²) >= 11 is 9.81. The number of hydrogen-bond acceptors (Lipinski definition) is 42. The van der Waals surface area contributed by atoms with Crippen LogP contribution < -0.4 is 0 Å². The molecule has 0 radical (unpaired) electrons. The van der Waals surface area contributed by atoms with Gasteiger partial charge in [0.25, 0.3) is 0 Å². The van der Waals surface area contributed by atoms with Gasteiger partial charge < -0.3 is 95.7 Å². The Balaban J connectivity index is 2.89. The first kappa shape index (κ1) is 116. The maximum Gasteiger partial charge on any atom is 0.309 e. The molecule has 0 aromatic rings. The summed E-state index contributed by atoms with van der Waals surface area (Å²) in [6.07, 6.45) is 6.65. The van der Waals surface area contributed by atoms with Crippen LogP contribution in [0.2, 0.25) is 0 Å². The zero-order valence-corrected chi connectivity index (χ0v) is 80.6. The summed E-state index contributed by atoms with van der Waals surface area (Å²) in [5, 5.41) is 10.7. The van der Waals surface area contributed by atoms with E-state index in [1.54, 1.807) is 48.5 Å². The van der Waals surface area contributed by atoms with E-state index in [1.807, 2.05) is 38.9 Å². The molecule has 35 nitrogen and oxygen atoms in total. The number of piperazine rings is 1. The van der Waals surface area contributed by atoms with E-state index in [2.05, 4.69) is 28.8 Å². The quantitative estimate of drug-likeness (QED) is 0.0302. The van der Waals surface area contributed by atoms with E-state index in [9.17, 15) is 67.1 Å². The van der Waals surface area contributed by atoms with Gasteiger partial charge in [0.1, 0.15) is 97.9 Å². The zero-order valence-electron chi connectivity index (χ0n) is 74.9. The number of esters is 14. The predicted molar refractivity (Wildman–Crippen MR) is 480 cm³/mol. The lowest BCUT2D eigenvalue weighted by molar-refractivity contribution is -0.154. The molecule has 0 spiro atoms. The first-order chi connectivity index (χ1) is 59.4. The largest absolute Gasteiger partial charge is 0.462 e. The molecule has 1 rings (SSSR count). The van der Waals surface area contributed by atoms with Crippen LogP contribution in [0.25, 0.3) is 0 Å². The molecule has 712 valence electrons. The molecule has 0 aliphatic carbocycles. The molecule has 0 aromatic carbocycles. The van der Waals surface area contributed by atoms with Crippen LogP contribution in [-0.2, 0) is 133 Å². The fourth-order valence-electron chi connectivity index (χ4n) is 10.9. The molecule has 0 amide bonds. The monoisotopic (exact) mass is 1890 g/mol. The molecule has 1 heterocycles. The zero-order chi connectivity index (χ0) is 92.1. The Kier molecular flexibility index (Phi) is 70.5. The minimum atomic E-state index is -0.596. The Bertz CT molecular complexity index is 3050. The van der Waals surface area contributed by atoms with E-state index in [4.69, 9.17) is 71.6 Å². The van der Waals surface area contributed by atoms with Gasteiger partial charge in [-0.3, -0.25) is 67.1 Å². The fourth-order valence-corrected chi connectivity index (χ4v) is 16.4. The van der Waals surface area contributed by atoms with Crippen molar-refractivity contribution >= 4 is 166 Å². The standard InChI is InChI=1S/C82H139N7O28S7/c1-62(54-118-10)76(97)111-44-37-104-69(90)14-23-86(24-15-70(91)105-38-45-112-77(98)63(2)55-119-11)34-51-121-57-65(4)79(100)114-47-40-107-72(93)17-26-88(36-53-123-59-67(6)81(102)116-49-42-110-75(96)20-29-89-32-30-85(31-33-89)22-13-21-84(8)9)27-18-73(94)108-41-48-115-80(101)66(5)58-122-52-35-87(25-16-71(92)106-39-46-113-78(99)64(3)56-120-12)28-19-74(95)109-43-50-117-82(103)68(7)60-124-61-83/h62-68H,13-60H2,1-12H3. The Morgan fingerprint density at radius 3 is 0.726 bits per heavy atom. The van der Waals surface area contributed by atoms with Gasteiger partial charge in [-0.25, -0.2) is 0 Å². The Labute approximate surface area is 763 Å². The van der Waals surface area contributed by atoms with E-state index in [1.165, 1.54) is 70.6 Å². The van der Waals surface area contributed by atoms with Gasteiger partial charge in [-0.1, -0.05) is 48.5 Å². The minimum Gasteiger partial charge on any atom is -0.462 e. The lowest BCUT2D eigenvalue weighted by Gasteiger charge is -2.34. The van der Waals surface area contributed by atoms with Gasteiger partial charge >= 0.3 is 83.6 Å². The van der Waals surface area contributed by atoms with E-state index in [0.717, 1.165) is 57.5 Å². The SMILES string of the molecule is CSCC(C)C(=O)OCCOC(=O)CCN(CCSCC(C)C(=O)OCCOC(=O)CCN(CCSCC(C)C(=O)OCCOC(=O)CCN1CCN(CCCN(C)C)CC1)CCC(=O)OCCOC(=O)C(C)CSCCN(CCC(=O)OCCOC(=O)C(C)CSC)CCC(=O)OCCOC(=O)C(C)CSC#N)CCC(=O)OCCOC(=O)C(C)CSC. The lowest BCUT2D eigenvalue weighted by atomic mass is 10.2. The first-order valence-corrected chi connectivity index (χ1v) is 50.8. The van der Waals surface area contributed by atoms with E-state index in [0.29, 0.717) is 78.0 Å². The van der Waals surface area contributed by atoms with Gasteiger partial charge in [0.2, 0.25) is 0 Å². The summed E-state index contributed by atoms with van der Waals surface area (Å²) in [5.41, 5.74) is 0. The van der Waals surface area contributed by atoms with Crippen molar-refractivity contribution in [2.75, 3.05) is 288 Å². The third-order valence-electron chi connectivity index (χ3n) is 18.3. The summed E-state index contributed by atoms with van der Waals surface area (Å²) < 4.78 is 74.5. The second-order valence-electron chi connectivity index (χ2n) is 29.6. The van der Waals surface area contributed by atoms with Crippen molar-refractivity contribution in [2.24, 2.45) is 41.4 Å². The third kappa shape index (κ3) is 63.3. The highest BCUT2D eigenvalue weighted by Crippen LogP contribution is 2.18. The molecule has 7 unspecified atom stereocenters. The maximum absolute atomic E-state index is 13.1. The Morgan fingerprint density at radius 2 is 0.500 bits per heavy atom. The summed E-state index contributed by atoms with van der Waals surface area (Å²) in [6, 6.07) is 0. The van der Waals surface area contributed by atoms with Crippen LogP contribution in [0.4, 0.5) is 0 Å². The van der Waals surface area contributed by atoms with Crippen LogP contribution >= 0.6 is 82.3 Å². The minimum absolute atomic E-state index is 0.0214. The number of nitriles is 1. The number of hydrogen-bond donors (Lipinski definition) is 0. The predicted octanol–water partition coefficient (Wildman–Crippen LogP) is 5.75. The van der Waals surface area contributed by atoms with Crippen molar-refractivity contribution in [2.45, 2.75) is 99.8 Å². The maximum atomic E-state index is 13.1. The molecule has 0 N–H and O–H groups in total. The topological polar surface area (TPSA) is 411 Å². The van der Waals surface area contributed by atoms with Gasteiger partial charge in [-0.15, -0.1) is 0 Å². The molecule has 0 aromatic heterocycles. The molecule has 1 saturated heterocycles. The van der Waals surface area contributed by atoms with E-state index in [-0.39, 0.29) is 218 Å². The summed E-state index contributed by atoms with van der Waals surface area (Å²) in [4.78, 5) is 190. The summed E-state index contributed by atoms with van der Waals surface area (Å²) in [6.45, 7) is 18.7. The van der Waals surface area contributed by atoms with Crippen LogP contribution in [-0.4, -0.2) is 401 Å². The number of carbonyl (C=O) groups is 14. The van der Waals surface area contributed by atoms with Gasteiger partial charge in [-0.2, -0.15) is 75.8 Å². The molecule has 7 atom stereocenters. The van der Waals surface area contributed by atoms with Crippen molar-refractivity contribution in [3.05, 3.63) is 0 Å². The smallest absolute Gasteiger partial charge is 0.309 e. The molecule has 124 heavy (non-hydrogen) atoms. The number of ether oxygens (including phenoxy) is 14. The second-order valence-corrected chi connectivity index (χ2v) is 36.6. The van der Waals surface area contributed by atoms with Gasteiger partial charge in [-0.05, 0) is 64.1 Å². The van der Waals surface area contributed by atoms with Gasteiger partial charge in [0.05, 0.1) is 86.4 Å². The number of thioether (sulfide) groups is 7. The molecule has 1 fully saturated rings. The molecule has 42 heteroatoms. The highest BCUT2D eigenvalue weighted by atomic mass is 32.2. The van der Waals surface area contributed by atoms with Crippen molar-refractivity contribution in [1.82, 2.24) is 29.4 Å². The van der Waals surface area contributed by atoms with Crippen LogP contribution in [0.5, 0.6) is 0 Å². The molecule has 0 bridgehead atoms. The average Bonchev–Trinajstić information content (AvgIpc) is 0.905. The normalized spacial score (nSPS) is 14.0. The molecular weight excluding hydrogens is 1760 g/mol. The number of nitrogens with zero attached hydrogens (tertiary/aromatic N) is 7. The second kappa shape index (κ2) is 75.1. The molecule has 1 aliphatic rings. The lowest BCUT2D eigenvalue weighted by Crippen LogP contribution is -2.47. The summed E-state index contributed by atoms with van der Waals surface area (Å²) in [7, 11) is 4.13. The molecule has 1 aliphatic heterocycles. The van der Waals surface area contributed by atoms with Crippen molar-refractivity contribution in [3.63, 3.8) is 0 Å². The van der Waals surface area contributed by atoms with Crippen molar-refractivity contribution in [3.8, 4) is 5.40 Å². The highest BCUT2D eigenvalue weighted by Gasteiger charge is 2.25. The van der Waals surface area contributed by atoms with Crippen LogP contribution in [0.3, 0.4) is 0 Å².